The fourth-order valence-electron chi connectivity index (χ4n) is 2.20. The van der Waals surface area contributed by atoms with Crippen LogP contribution < -0.4 is 5.32 Å². The van der Waals surface area contributed by atoms with Crippen molar-refractivity contribution in [2.75, 3.05) is 25.0 Å². The molecule has 0 spiro atoms. The van der Waals surface area contributed by atoms with Gasteiger partial charge in [-0.2, -0.15) is 0 Å². The van der Waals surface area contributed by atoms with Gasteiger partial charge in [0.05, 0.1) is 11.0 Å². The first-order valence-electron chi connectivity index (χ1n) is 6.76. The molecule has 0 saturated carbocycles. The van der Waals surface area contributed by atoms with Crippen molar-refractivity contribution in [3.63, 3.8) is 0 Å². The van der Waals surface area contributed by atoms with E-state index in [2.05, 4.69) is 41.0 Å². The van der Waals surface area contributed by atoms with Crippen LogP contribution in [0.5, 0.6) is 0 Å². The van der Waals surface area contributed by atoms with E-state index in [9.17, 15) is 4.39 Å². The molecular formula is C14H21FN4. The Morgan fingerprint density at radius 1 is 1.37 bits per heavy atom. The summed E-state index contributed by atoms with van der Waals surface area (Å²) in [5, 5.41) is 3.32. The lowest BCUT2D eigenvalue weighted by Crippen LogP contribution is -2.34. The molecule has 1 aromatic heterocycles. The van der Waals surface area contributed by atoms with E-state index in [-0.39, 0.29) is 11.9 Å². The Labute approximate surface area is 113 Å². The van der Waals surface area contributed by atoms with Crippen LogP contribution in [-0.2, 0) is 0 Å². The number of hydrogen-bond donors (Lipinski definition) is 2. The zero-order chi connectivity index (χ0) is 13.8. The van der Waals surface area contributed by atoms with Crippen LogP contribution >= 0.6 is 0 Å². The highest BCUT2D eigenvalue weighted by atomic mass is 19.1. The summed E-state index contributed by atoms with van der Waals surface area (Å²) in [7, 11) is 0. The van der Waals surface area contributed by atoms with Gasteiger partial charge < -0.3 is 15.2 Å². The molecule has 0 radical (unpaired) electrons. The number of likely N-dealkylation sites (N-methyl/N-ethyl adjacent to an activating group) is 1. The monoisotopic (exact) mass is 264 g/mol. The van der Waals surface area contributed by atoms with Gasteiger partial charge >= 0.3 is 0 Å². The van der Waals surface area contributed by atoms with E-state index >= 15 is 0 Å². The van der Waals surface area contributed by atoms with Gasteiger partial charge in [-0.25, -0.2) is 9.37 Å². The number of halogens is 1. The molecule has 104 valence electrons. The molecule has 2 rings (SSSR count). The molecule has 5 heteroatoms. The Morgan fingerprint density at radius 2 is 2.11 bits per heavy atom. The number of benzene rings is 1. The second-order valence-corrected chi connectivity index (χ2v) is 4.78. The number of anilines is 1. The summed E-state index contributed by atoms with van der Waals surface area (Å²) in [6, 6.07) is 4.85. The van der Waals surface area contributed by atoms with E-state index in [1.54, 1.807) is 6.07 Å². The number of rotatable bonds is 6. The number of hydrogen-bond acceptors (Lipinski definition) is 3. The molecule has 1 atom stereocenters. The van der Waals surface area contributed by atoms with Gasteiger partial charge in [-0.1, -0.05) is 13.8 Å². The first-order valence-corrected chi connectivity index (χ1v) is 6.76. The van der Waals surface area contributed by atoms with Crippen molar-refractivity contribution < 1.29 is 4.39 Å². The normalized spacial score (nSPS) is 13.1. The van der Waals surface area contributed by atoms with Crippen molar-refractivity contribution in [2.45, 2.75) is 26.8 Å². The summed E-state index contributed by atoms with van der Waals surface area (Å²) in [6.45, 7) is 9.45. The maximum Gasteiger partial charge on any atom is 0.201 e. The Kier molecular flexibility index (Phi) is 4.37. The summed E-state index contributed by atoms with van der Waals surface area (Å²) in [6.07, 6.45) is 0. The maximum atomic E-state index is 13.1. The molecular weight excluding hydrogens is 243 g/mol. The highest BCUT2D eigenvalue weighted by molar-refractivity contribution is 5.77. The average Bonchev–Trinajstić information content (AvgIpc) is 2.77. The van der Waals surface area contributed by atoms with Gasteiger partial charge in [0.1, 0.15) is 5.82 Å². The first kappa shape index (κ1) is 13.8. The second kappa shape index (κ2) is 6.02. The van der Waals surface area contributed by atoms with Crippen LogP contribution in [0.1, 0.15) is 20.8 Å². The lowest BCUT2D eigenvalue weighted by molar-refractivity contribution is 0.294. The number of aromatic nitrogens is 2. The predicted octanol–water partition coefficient (Wildman–Crippen LogP) is 2.84. The van der Waals surface area contributed by atoms with Gasteiger partial charge in [0.2, 0.25) is 5.95 Å². The Hall–Kier alpha value is -1.62. The van der Waals surface area contributed by atoms with Crippen LogP contribution in [0.4, 0.5) is 10.3 Å². The maximum absolute atomic E-state index is 13.1. The minimum atomic E-state index is -0.251. The molecule has 2 N–H and O–H groups in total. The molecule has 0 aliphatic carbocycles. The van der Waals surface area contributed by atoms with Crippen molar-refractivity contribution in [1.29, 1.82) is 0 Å². The van der Waals surface area contributed by atoms with Crippen LogP contribution in [0.3, 0.4) is 0 Å². The summed E-state index contributed by atoms with van der Waals surface area (Å²) < 4.78 is 13.1. The van der Waals surface area contributed by atoms with Crippen LogP contribution in [0, 0.1) is 5.82 Å². The molecule has 1 unspecified atom stereocenters. The predicted molar refractivity (Wildman–Crippen MR) is 76.9 cm³/mol. The third-order valence-electron chi connectivity index (χ3n) is 3.25. The number of nitrogens with one attached hydrogen (secondary N) is 2. The van der Waals surface area contributed by atoms with Crippen molar-refractivity contribution >= 4 is 17.0 Å². The molecule has 0 aliphatic heterocycles. The largest absolute Gasteiger partial charge is 0.352 e. The fourth-order valence-corrected chi connectivity index (χ4v) is 2.20. The molecule has 4 nitrogen and oxygen atoms in total. The topological polar surface area (TPSA) is 44.0 Å². The third kappa shape index (κ3) is 3.44. The highest BCUT2D eigenvalue weighted by Crippen LogP contribution is 2.16. The Balaban J connectivity index is 2.04. The van der Waals surface area contributed by atoms with E-state index in [0.717, 1.165) is 30.7 Å². The van der Waals surface area contributed by atoms with Gasteiger partial charge in [0, 0.05) is 12.6 Å². The molecule has 0 bridgehead atoms. The van der Waals surface area contributed by atoms with Crippen LogP contribution in [-0.4, -0.2) is 40.5 Å². The molecule has 19 heavy (non-hydrogen) atoms. The summed E-state index contributed by atoms with van der Waals surface area (Å²) in [4.78, 5) is 9.84. The van der Waals surface area contributed by atoms with Gasteiger partial charge in [-0.3, -0.25) is 0 Å². The lowest BCUT2D eigenvalue weighted by Gasteiger charge is -2.23. The molecule has 0 amide bonds. The van der Waals surface area contributed by atoms with Crippen molar-refractivity contribution in [1.82, 2.24) is 14.9 Å². The number of imidazole rings is 1. The Morgan fingerprint density at radius 3 is 2.79 bits per heavy atom. The highest BCUT2D eigenvalue weighted by Gasteiger charge is 2.09. The molecule has 2 aromatic rings. The SMILES string of the molecule is CCN(CC)CC(C)Nc1nc2ccc(F)cc2[nH]1. The zero-order valence-corrected chi connectivity index (χ0v) is 11.7. The van der Waals surface area contributed by atoms with Crippen LogP contribution in [0.25, 0.3) is 11.0 Å². The lowest BCUT2D eigenvalue weighted by atomic mass is 10.3. The molecule has 0 fully saturated rings. The quantitative estimate of drug-likeness (QED) is 0.843. The number of H-pyrrole nitrogens is 1. The van der Waals surface area contributed by atoms with E-state index < -0.39 is 0 Å². The first-order chi connectivity index (χ1) is 9.12. The van der Waals surface area contributed by atoms with Gasteiger partial charge in [0.15, 0.2) is 0 Å². The summed E-state index contributed by atoms with van der Waals surface area (Å²) >= 11 is 0. The Bertz CT molecular complexity index is 533. The van der Waals surface area contributed by atoms with Gasteiger partial charge in [0.25, 0.3) is 0 Å². The van der Waals surface area contributed by atoms with Crippen molar-refractivity contribution in [3.8, 4) is 0 Å². The third-order valence-corrected chi connectivity index (χ3v) is 3.25. The van der Waals surface area contributed by atoms with Crippen molar-refractivity contribution in [2.24, 2.45) is 0 Å². The van der Waals surface area contributed by atoms with E-state index in [0.29, 0.717) is 5.95 Å². The molecule has 1 aromatic carbocycles. The minimum Gasteiger partial charge on any atom is -0.352 e. The number of nitrogens with zero attached hydrogens (tertiary/aromatic N) is 2. The number of aromatic amines is 1. The summed E-state index contributed by atoms with van der Waals surface area (Å²) in [5.41, 5.74) is 1.50. The molecule has 1 heterocycles. The second-order valence-electron chi connectivity index (χ2n) is 4.78. The van der Waals surface area contributed by atoms with Crippen molar-refractivity contribution in [3.05, 3.63) is 24.0 Å². The minimum absolute atomic E-state index is 0.251. The fraction of sp³-hybridized carbons (Fsp3) is 0.500. The van der Waals surface area contributed by atoms with E-state index in [1.807, 2.05) is 0 Å². The van der Waals surface area contributed by atoms with Crippen LogP contribution in [0.2, 0.25) is 0 Å². The average molecular weight is 264 g/mol. The standard InChI is InChI=1S/C14H21FN4/c1-4-19(5-2)9-10(3)16-14-17-12-7-6-11(15)8-13(12)18-14/h6-8,10H,4-5,9H2,1-3H3,(H2,16,17,18). The van der Waals surface area contributed by atoms with E-state index in [1.165, 1.54) is 12.1 Å². The zero-order valence-electron chi connectivity index (χ0n) is 11.7. The molecule has 0 aliphatic rings. The van der Waals surface area contributed by atoms with Gasteiger partial charge in [-0.15, -0.1) is 0 Å². The van der Waals surface area contributed by atoms with Gasteiger partial charge in [-0.05, 0) is 38.2 Å². The summed E-state index contributed by atoms with van der Waals surface area (Å²) in [5.74, 6) is 0.444. The number of fused-ring (bicyclic) bond motifs is 1. The smallest absolute Gasteiger partial charge is 0.201 e. The van der Waals surface area contributed by atoms with E-state index in [4.69, 9.17) is 0 Å². The van der Waals surface area contributed by atoms with Crippen LogP contribution in [0.15, 0.2) is 18.2 Å². The molecule has 0 saturated heterocycles.